The van der Waals surface area contributed by atoms with Gasteiger partial charge in [-0.1, -0.05) is 6.92 Å². The number of methoxy groups -OCH3 is 1. The number of aryl methyl sites for hydroxylation is 1. The fourth-order valence-corrected chi connectivity index (χ4v) is 1.69. The number of hydrogen-bond donors (Lipinski definition) is 1. The molecule has 0 amide bonds. The Morgan fingerprint density at radius 3 is 3.00 bits per heavy atom. The van der Waals surface area contributed by atoms with Gasteiger partial charge >= 0.3 is 0 Å². The number of hydrogen-bond acceptors (Lipinski definition) is 3. The maximum absolute atomic E-state index is 9.64. The molecule has 0 aliphatic carbocycles. The molecule has 0 aromatic heterocycles. The Morgan fingerprint density at radius 1 is 1.57 bits per heavy atom. The van der Waals surface area contributed by atoms with Crippen LogP contribution in [-0.4, -0.2) is 18.8 Å². The summed E-state index contributed by atoms with van der Waals surface area (Å²) in [7, 11) is 1.61. The van der Waals surface area contributed by atoms with E-state index in [-0.39, 0.29) is 0 Å². The Labute approximate surface area is 83.3 Å². The third-order valence-electron chi connectivity index (χ3n) is 2.52. The molecule has 2 rings (SSSR count). The molecular weight excluding hydrogens is 180 g/mol. The van der Waals surface area contributed by atoms with Gasteiger partial charge in [0.2, 0.25) is 0 Å². The van der Waals surface area contributed by atoms with Crippen LogP contribution < -0.4 is 9.47 Å². The highest BCUT2D eigenvalue weighted by Crippen LogP contribution is 2.41. The average Bonchev–Trinajstić information content (AvgIpc) is 2.59. The molecule has 0 spiro atoms. The van der Waals surface area contributed by atoms with Crippen LogP contribution in [0.1, 0.15) is 24.2 Å². The van der Waals surface area contributed by atoms with Crippen molar-refractivity contribution in [2.75, 3.05) is 13.7 Å². The number of benzene rings is 1. The van der Waals surface area contributed by atoms with E-state index in [0.717, 1.165) is 23.3 Å². The molecule has 1 aliphatic rings. The van der Waals surface area contributed by atoms with Crippen LogP contribution in [0.2, 0.25) is 0 Å². The molecule has 0 saturated heterocycles. The van der Waals surface area contributed by atoms with Crippen LogP contribution >= 0.6 is 0 Å². The van der Waals surface area contributed by atoms with Gasteiger partial charge in [0.1, 0.15) is 12.7 Å². The molecule has 1 unspecified atom stereocenters. The van der Waals surface area contributed by atoms with Gasteiger partial charge in [-0.3, -0.25) is 0 Å². The van der Waals surface area contributed by atoms with Crippen LogP contribution in [0.4, 0.5) is 0 Å². The zero-order valence-electron chi connectivity index (χ0n) is 8.41. The van der Waals surface area contributed by atoms with E-state index in [0.29, 0.717) is 12.4 Å². The average molecular weight is 194 g/mol. The summed E-state index contributed by atoms with van der Waals surface area (Å²) in [5.41, 5.74) is 2.01. The lowest BCUT2D eigenvalue weighted by atomic mass is 10.0. The highest BCUT2D eigenvalue weighted by Gasteiger charge is 2.25. The van der Waals surface area contributed by atoms with Gasteiger partial charge in [-0.15, -0.1) is 0 Å². The van der Waals surface area contributed by atoms with Crippen molar-refractivity contribution in [3.8, 4) is 11.5 Å². The van der Waals surface area contributed by atoms with Crippen LogP contribution in [0.3, 0.4) is 0 Å². The van der Waals surface area contributed by atoms with E-state index < -0.39 is 6.10 Å². The molecule has 3 heteroatoms. The first-order valence-corrected chi connectivity index (χ1v) is 4.78. The second kappa shape index (κ2) is 3.50. The molecule has 1 N–H and O–H groups in total. The molecular formula is C11H14O3. The smallest absolute Gasteiger partial charge is 0.167 e. The minimum atomic E-state index is -0.509. The summed E-state index contributed by atoms with van der Waals surface area (Å²) in [6.45, 7) is 2.40. The standard InChI is InChI=1S/C11H14O3/c1-3-7-4-8-9(12)6-14-11(8)10(5-7)13-2/h4-5,9,12H,3,6H2,1-2H3. The van der Waals surface area contributed by atoms with Crippen molar-refractivity contribution in [1.82, 2.24) is 0 Å². The van der Waals surface area contributed by atoms with Crippen molar-refractivity contribution < 1.29 is 14.6 Å². The molecule has 1 heterocycles. The summed E-state index contributed by atoms with van der Waals surface area (Å²) in [6, 6.07) is 3.94. The van der Waals surface area contributed by atoms with Gasteiger partial charge in [0.05, 0.1) is 7.11 Å². The van der Waals surface area contributed by atoms with Gasteiger partial charge in [-0.2, -0.15) is 0 Å². The second-order valence-corrected chi connectivity index (χ2v) is 3.40. The number of aliphatic hydroxyl groups excluding tert-OH is 1. The molecule has 0 radical (unpaired) electrons. The van der Waals surface area contributed by atoms with Gasteiger partial charge < -0.3 is 14.6 Å². The molecule has 0 bridgehead atoms. The number of ether oxygens (including phenoxy) is 2. The van der Waals surface area contributed by atoms with Crippen molar-refractivity contribution in [1.29, 1.82) is 0 Å². The SMILES string of the molecule is CCc1cc(OC)c2c(c1)C(O)CO2. The molecule has 0 fully saturated rings. The quantitative estimate of drug-likeness (QED) is 0.778. The number of aliphatic hydroxyl groups is 1. The normalized spacial score (nSPS) is 18.9. The molecule has 14 heavy (non-hydrogen) atoms. The summed E-state index contributed by atoms with van der Waals surface area (Å²) < 4.78 is 10.6. The topological polar surface area (TPSA) is 38.7 Å². The molecule has 1 aromatic carbocycles. The highest BCUT2D eigenvalue weighted by atomic mass is 16.5. The van der Waals surface area contributed by atoms with Crippen molar-refractivity contribution in [3.05, 3.63) is 23.3 Å². The Kier molecular flexibility index (Phi) is 2.33. The van der Waals surface area contributed by atoms with E-state index >= 15 is 0 Å². The first kappa shape index (κ1) is 9.34. The van der Waals surface area contributed by atoms with Crippen LogP contribution in [0.15, 0.2) is 12.1 Å². The lowest BCUT2D eigenvalue weighted by Gasteiger charge is -2.08. The molecule has 1 aromatic rings. The number of fused-ring (bicyclic) bond motifs is 1. The largest absolute Gasteiger partial charge is 0.493 e. The lowest BCUT2D eigenvalue weighted by molar-refractivity contribution is 0.139. The summed E-state index contributed by atoms with van der Waals surface area (Å²) >= 11 is 0. The van der Waals surface area contributed by atoms with Gasteiger partial charge in [0, 0.05) is 5.56 Å². The summed E-state index contributed by atoms with van der Waals surface area (Å²) in [4.78, 5) is 0. The fourth-order valence-electron chi connectivity index (χ4n) is 1.69. The van der Waals surface area contributed by atoms with Crippen molar-refractivity contribution in [2.24, 2.45) is 0 Å². The zero-order valence-corrected chi connectivity index (χ0v) is 8.41. The maximum atomic E-state index is 9.64. The number of rotatable bonds is 2. The monoisotopic (exact) mass is 194 g/mol. The van der Waals surface area contributed by atoms with Crippen LogP contribution in [-0.2, 0) is 6.42 Å². The summed E-state index contributed by atoms with van der Waals surface area (Å²) in [5.74, 6) is 1.41. The highest BCUT2D eigenvalue weighted by molar-refractivity contribution is 5.52. The van der Waals surface area contributed by atoms with Crippen LogP contribution in [0.5, 0.6) is 11.5 Å². The van der Waals surface area contributed by atoms with Crippen LogP contribution in [0, 0.1) is 0 Å². The minimum absolute atomic E-state index is 0.332. The summed E-state index contributed by atoms with van der Waals surface area (Å²) in [6.07, 6.45) is 0.418. The van der Waals surface area contributed by atoms with E-state index in [1.165, 1.54) is 0 Å². The second-order valence-electron chi connectivity index (χ2n) is 3.40. The predicted molar refractivity (Wildman–Crippen MR) is 52.8 cm³/mol. The van der Waals surface area contributed by atoms with Gasteiger partial charge in [-0.05, 0) is 24.1 Å². The van der Waals surface area contributed by atoms with Crippen molar-refractivity contribution >= 4 is 0 Å². The summed E-state index contributed by atoms with van der Waals surface area (Å²) in [5, 5.41) is 9.64. The van der Waals surface area contributed by atoms with E-state index in [4.69, 9.17) is 9.47 Å². The molecule has 0 saturated carbocycles. The third kappa shape index (κ3) is 1.34. The minimum Gasteiger partial charge on any atom is -0.493 e. The Balaban J connectivity index is 2.52. The third-order valence-corrected chi connectivity index (χ3v) is 2.52. The van der Waals surface area contributed by atoms with Gasteiger partial charge in [0.15, 0.2) is 11.5 Å². The molecule has 3 nitrogen and oxygen atoms in total. The molecule has 1 aliphatic heterocycles. The van der Waals surface area contributed by atoms with E-state index in [1.807, 2.05) is 12.1 Å². The van der Waals surface area contributed by atoms with E-state index in [2.05, 4.69) is 6.92 Å². The Bertz CT molecular complexity index is 347. The first-order chi connectivity index (χ1) is 6.76. The van der Waals surface area contributed by atoms with Gasteiger partial charge in [0.25, 0.3) is 0 Å². The zero-order chi connectivity index (χ0) is 10.1. The fraction of sp³-hybridized carbons (Fsp3) is 0.455. The lowest BCUT2D eigenvalue weighted by Crippen LogP contribution is -1.97. The Morgan fingerprint density at radius 2 is 2.36 bits per heavy atom. The van der Waals surface area contributed by atoms with E-state index in [9.17, 15) is 5.11 Å². The Hall–Kier alpha value is -1.22. The molecule has 1 atom stereocenters. The van der Waals surface area contributed by atoms with E-state index in [1.54, 1.807) is 7.11 Å². The first-order valence-electron chi connectivity index (χ1n) is 4.78. The van der Waals surface area contributed by atoms with Crippen molar-refractivity contribution in [3.63, 3.8) is 0 Å². The maximum Gasteiger partial charge on any atom is 0.167 e. The molecule has 76 valence electrons. The van der Waals surface area contributed by atoms with Crippen molar-refractivity contribution in [2.45, 2.75) is 19.4 Å². The van der Waals surface area contributed by atoms with Crippen LogP contribution in [0.25, 0.3) is 0 Å². The van der Waals surface area contributed by atoms with Gasteiger partial charge in [-0.25, -0.2) is 0 Å². The predicted octanol–water partition coefficient (Wildman–Crippen LogP) is 1.68.